The number of hydrogen-bond donors (Lipinski definition) is 0. The van der Waals surface area contributed by atoms with E-state index in [1.807, 2.05) is 14.1 Å². The summed E-state index contributed by atoms with van der Waals surface area (Å²) in [5.41, 5.74) is 0. The van der Waals surface area contributed by atoms with Crippen LogP contribution in [0.3, 0.4) is 0 Å². The van der Waals surface area contributed by atoms with E-state index < -0.39 is 0 Å². The predicted octanol–water partition coefficient (Wildman–Crippen LogP) is 1.01. The monoisotopic (exact) mass is 213 g/mol. The molecule has 2 aliphatic rings. The Bertz CT molecular complexity index is 236. The van der Waals surface area contributed by atoms with Crippen molar-refractivity contribution in [1.82, 2.24) is 4.90 Å². The first-order chi connectivity index (χ1) is 7.13. The lowest BCUT2D eigenvalue weighted by Crippen LogP contribution is -2.40. The van der Waals surface area contributed by atoms with Gasteiger partial charge in [0.25, 0.3) is 0 Å². The minimum Gasteiger partial charge on any atom is -0.349 e. The average Bonchev–Trinajstić information content (AvgIpc) is 2.67. The fraction of sp³-hybridized carbons (Fsp3) is 0.909. The Hall–Kier alpha value is -0.610. The number of ether oxygens (including phenoxy) is 2. The molecule has 0 unspecified atom stereocenters. The zero-order valence-electron chi connectivity index (χ0n) is 9.49. The summed E-state index contributed by atoms with van der Waals surface area (Å²) in [7, 11) is 3.63. The molecule has 0 aromatic carbocycles. The molecule has 0 aromatic rings. The van der Waals surface area contributed by atoms with Crippen LogP contribution in [0.5, 0.6) is 0 Å². The number of nitrogens with zero attached hydrogens (tertiary/aromatic N) is 1. The van der Waals surface area contributed by atoms with Crippen molar-refractivity contribution in [1.29, 1.82) is 0 Å². The molecule has 0 radical (unpaired) electrons. The van der Waals surface area contributed by atoms with Crippen molar-refractivity contribution in [3.63, 3.8) is 0 Å². The lowest BCUT2D eigenvalue weighted by molar-refractivity contribution is -0.184. The Kier molecular flexibility index (Phi) is 2.98. The van der Waals surface area contributed by atoms with Crippen LogP contribution in [0, 0.1) is 5.92 Å². The predicted molar refractivity (Wildman–Crippen MR) is 55.3 cm³/mol. The summed E-state index contributed by atoms with van der Waals surface area (Å²) >= 11 is 0. The molecule has 1 saturated carbocycles. The normalized spacial score (nSPS) is 25.7. The van der Waals surface area contributed by atoms with E-state index in [1.54, 1.807) is 4.90 Å². The average molecular weight is 213 g/mol. The number of rotatable bonds is 1. The molecule has 0 N–H and O–H groups in total. The van der Waals surface area contributed by atoms with Crippen molar-refractivity contribution in [2.24, 2.45) is 5.92 Å². The molecule has 1 aliphatic heterocycles. The summed E-state index contributed by atoms with van der Waals surface area (Å²) in [5, 5.41) is 0. The van der Waals surface area contributed by atoms with Gasteiger partial charge >= 0.3 is 0 Å². The summed E-state index contributed by atoms with van der Waals surface area (Å²) < 4.78 is 11.2. The highest BCUT2D eigenvalue weighted by Crippen LogP contribution is 2.38. The van der Waals surface area contributed by atoms with Gasteiger partial charge < -0.3 is 14.4 Å². The quantitative estimate of drug-likeness (QED) is 0.652. The Morgan fingerprint density at radius 3 is 2.20 bits per heavy atom. The molecule has 1 saturated heterocycles. The molecule has 1 aliphatic carbocycles. The van der Waals surface area contributed by atoms with Gasteiger partial charge in [-0.15, -0.1) is 0 Å². The number of hydrogen-bond acceptors (Lipinski definition) is 3. The highest BCUT2D eigenvalue weighted by atomic mass is 16.7. The van der Waals surface area contributed by atoms with Crippen molar-refractivity contribution in [3.05, 3.63) is 0 Å². The second kappa shape index (κ2) is 4.10. The van der Waals surface area contributed by atoms with Crippen LogP contribution in [0.15, 0.2) is 0 Å². The van der Waals surface area contributed by atoms with Gasteiger partial charge in [-0.3, -0.25) is 4.79 Å². The molecular weight excluding hydrogens is 194 g/mol. The largest absolute Gasteiger partial charge is 0.349 e. The third kappa shape index (κ3) is 2.16. The molecule has 0 atom stereocenters. The van der Waals surface area contributed by atoms with Gasteiger partial charge in [0.2, 0.25) is 5.91 Å². The Balaban J connectivity index is 1.89. The maximum atomic E-state index is 11.7. The maximum absolute atomic E-state index is 11.7. The maximum Gasteiger partial charge on any atom is 0.225 e. The van der Waals surface area contributed by atoms with Crippen LogP contribution in [0.1, 0.15) is 25.7 Å². The summed E-state index contributed by atoms with van der Waals surface area (Å²) in [6.07, 6.45) is 3.49. The van der Waals surface area contributed by atoms with Crippen molar-refractivity contribution in [2.45, 2.75) is 31.5 Å². The van der Waals surface area contributed by atoms with E-state index >= 15 is 0 Å². The third-order valence-electron chi connectivity index (χ3n) is 3.35. The first-order valence-corrected chi connectivity index (χ1v) is 5.62. The zero-order chi connectivity index (χ0) is 10.9. The zero-order valence-corrected chi connectivity index (χ0v) is 9.49. The lowest BCUT2D eigenvalue weighted by Gasteiger charge is -2.35. The van der Waals surface area contributed by atoms with Gasteiger partial charge in [0, 0.05) is 32.9 Å². The van der Waals surface area contributed by atoms with Gasteiger partial charge in [-0.25, -0.2) is 0 Å². The van der Waals surface area contributed by atoms with E-state index in [4.69, 9.17) is 9.47 Å². The van der Waals surface area contributed by atoms with Crippen molar-refractivity contribution < 1.29 is 14.3 Å². The van der Waals surface area contributed by atoms with Crippen molar-refractivity contribution >= 4 is 5.91 Å². The summed E-state index contributed by atoms with van der Waals surface area (Å²) in [6.45, 7) is 1.40. The number of carbonyl (C=O) groups excluding carboxylic acids is 1. The molecule has 86 valence electrons. The van der Waals surface area contributed by atoms with Crippen molar-refractivity contribution in [2.75, 3.05) is 27.3 Å². The van der Waals surface area contributed by atoms with Gasteiger partial charge in [0.05, 0.1) is 13.2 Å². The Morgan fingerprint density at radius 2 is 1.73 bits per heavy atom. The van der Waals surface area contributed by atoms with Gasteiger partial charge in [-0.2, -0.15) is 0 Å². The minimum atomic E-state index is -0.344. The van der Waals surface area contributed by atoms with Gasteiger partial charge in [0.1, 0.15) is 0 Å². The molecule has 4 nitrogen and oxygen atoms in total. The molecule has 2 fully saturated rings. The molecule has 1 heterocycles. The van der Waals surface area contributed by atoms with Crippen LogP contribution in [0.25, 0.3) is 0 Å². The van der Waals surface area contributed by atoms with Gasteiger partial charge in [-0.05, 0) is 12.8 Å². The van der Waals surface area contributed by atoms with Gasteiger partial charge in [-0.1, -0.05) is 0 Å². The Morgan fingerprint density at radius 1 is 1.20 bits per heavy atom. The second-order valence-electron chi connectivity index (χ2n) is 4.61. The van der Waals surface area contributed by atoms with E-state index in [0.717, 1.165) is 25.7 Å². The fourth-order valence-corrected chi connectivity index (χ4v) is 2.46. The number of amides is 1. The molecule has 4 heteroatoms. The summed E-state index contributed by atoms with van der Waals surface area (Å²) in [6, 6.07) is 0. The van der Waals surface area contributed by atoms with Crippen LogP contribution >= 0.6 is 0 Å². The molecule has 0 bridgehead atoms. The Labute approximate surface area is 90.5 Å². The number of carbonyl (C=O) groups is 1. The van der Waals surface area contributed by atoms with Crippen LogP contribution in [-0.2, 0) is 14.3 Å². The highest BCUT2D eigenvalue weighted by Gasteiger charge is 2.42. The summed E-state index contributed by atoms with van der Waals surface area (Å²) in [4.78, 5) is 13.4. The molecule has 1 amide bonds. The molecule has 1 spiro atoms. The smallest absolute Gasteiger partial charge is 0.225 e. The molecule has 0 aromatic heterocycles. The second-order valence-corrected chi connectivity index (χ2v) is 4.61. The standard InChI is InChI=1S/C11H19NO3/c1-12(2)10(13)9-3-5-11(6-4-9)14-7-8-15-11/h9H,3-8H2,1-2H3. The molecule has 15 heavy (non-hydrogen) atoms. The minimum absolute atomic E-state index is 0.165. The fourth-order valence-electron chi connectivity index (χ4n) is 2.46. The summed E-state index contributed by atoms with van der Waals surface area (Å²) in [5.74, 6) is 0.0598. The molecular formula is C11H19NO3. The molecule has 2 rings (SSSR count). The third-order valence-corrected chi connectivity index (χ3v) is 3.35. The topological polar surface area (TPSA) is 38.8 Å². The van der Waals surface area contributed by atoms with E-state index in [-0.39, 0.29) is 17.6 Å². The van der Waals surface area contributed by atoms with E-state index in [9.17, 15) is 4.79 Å². The first-order valence-electron chi connectivity index (χ1n) is 5.62. The SMILES string of the molecule is CN(C)C(=O)C1CCC2(CC1)OCCO2. The van der Waals surface area contributed by atoms with E-state index in [0.29, 0.717) is 13.2 Å². The van der Waals surface area contributed by atoms with Crippen LogP contribution in [0.2, 0.25) is 0 Å². The van der Waals surface area contributed by atoms with Crippen LogP contribution in [0.4, 0.5) is 0 Å². The van der Waals surface area contributed by atoms with Crippen LogP contribution < -0.4 is 0 Å². The highest BCUT2D eigenvalue weighted by molar-refractivity contribution is 5.78. The van der Waals surface area contributed by atoms with E-state index in [1.165, 1.54) is 0 Å². The van der Waals surface area contributed by atoms with Crippen LogP contribution in [-0.4, -0.2) is 43.9 Å². The lowest BCUT2D eigenvalue weighted by atomic mass is 9.84. The van der Waals surface area contributed by atoms with E-state index in [2.05, 4.69) is 0 Å². The van der Waals surface area contributed by atoms with Gasteiger partial charge in [0.15, 0.2) is 5.79 Å². The first kappa shape index (κ1) is 10.9. The van der Waals surface area contributed by atoms with Crippen molar-refractivity contribution in [3.8, 4) is 0 Å².